The Balaban J connectivity index is 1.91. The van der Waals surface area contributed by atoms with Gasteiger partial charge in [-0.2, -0.15) is 0 Å². The number of hydrogen-bond donors (Lipinski definition) is 2. The van der Waals surface area contributed by atoms with Crippen molar-refractivity contribution in [2.24, 2.45) is 0 Å². The Labute approximate surface area is 195 Å². The third-order valence-electron chi connectivity index (χ3n) is 5.31. The second kappa shape index (κ2) is 7.95. The van der Waals surface area contributed by atoms with Gasteiger partial charge >= 0.3 is 11.3 Å². The van der Waals surface area contributed by atoms with Crippen molar-refractivity contribution in [2.45, 2.75) is 5.92 Å². The van der Waals surface area contributed by atoms with E-state index in [-0.39, 0.29) is 38.8 Å². The average molecular weight is 482 g/mol. The molecule has 33 heavy (non-hydrogen) atoms. The standard InChI is InChI=1S/C24H13Cl2NO6/c25-11-4-6-16-13(9-11)21(28)19(23(30)32-16)18(15-3-1-2-8-27-15)20-22(29)14-10-12(26)5-7-17(14)33-24(20)31/h1-10,18,28-29H. The van der Waals surface area contributed by atoms with Crippen molar-refractivity contribution in [1.82, 2.24) is 4.98 Å². The van der Waals surface area contributed by atoms with Gasteiger partial charge in [0.2, 0.25) is 0 Å². The fourth-order valence-corrected chi connectivity index (χ4v) is 4.19. The number of aromatic nitrogens is 1. The number of benzene rings is 2. The van der Waals surface area contributed by atoms with E-state index in [1.165, 1.54) is 42.6 Å². The van der Waals surface area contributed by atoms with Crippen molar-refractivity contribution in [3.8, 4) is 11.5 Å². The van der Waals surface area contributed by atoms with Crippen molar-refractivity contribution >= 4 is 45.1 Å². The molecule has 5 aromatic rings. The van der Waals surface area contributed by atoms with E-state index < -0.39 is 28.7 Å². The topological polar surface area (TPSA) is 114 Å². The number of halogens is 2. The van der Waals surface area contributed by atoms with Crippen LogP contribution in [0.25, 0.3) is 21.9 Å². The van der Waals surface area contributed by atoms with Gasteiger partial charge in [0.1, 0.15) is 22.7 Å². The van der Waals surface area contributed by atoms with Crippen LogP contribution in [0.5, 0.6) is 11.5 Å². The molecule has 5 rings (SSSR count). The Bertz CT molecular complexity index is 1550. The molecule has 0 spiro atoms. The second-order valence-electron chi connectivity index (χ2n) is 7.27. The van der Waals surface area contributed by atoms with Crippen LogP contribution in [0.3, 0.4) is 0 Å². The fourth-order valence-electron chi connectivity index (χ4n) is 3.84. The maximum Gasteiger partial charge on any atom is 0.344 e. The van der Waals surface area contributed by atoms with Crippen LogP contribution in [-0.4, -0.2) is 15.2 Å². The van der Waals surface area contributed by atoms with E-state index in [9.17, 15) is 19.8 Å². The van der Waals surface area contributed by atoms with Crippen LogP contribution in [0.15, 0.2) is 79.2 Å². The van der Waals surface area contributed by atoms with Crippen LogP contribution in [-0.2, 0) is 0 Å². The smallest absolute Gasteiger partial charge is 0.344 e. The van der Waals surface area contributed by atoms with Crippen LogP contribution in [0.2, 0.25) is 10.0 Å². The molecule has 0 amide bonds. The first-order chi connectivity index (χ1) is 15.8. The number of pyridine rings is 1. The molecule has 0 aliphatic heterocycles. The molecule has 0 atom stereocenters. The van der Waals surface area contributed by atoms with Crippen molar-refractivity contribution < 1.29 is 19.0 Å². The maximum atomic E-state index is 13.0. The van der Waals surface area contributed by atoms with Crippen LogP contribution < -0.4 is 11.3 Å². The summed E-state index contributed by atoms with van der Waals surface area (Å²) in [4.78, 5) is 30.3. The summed E-state index contributed by atoms with van der Waals surface area (Å²) in [5.41, 5.74) is -2.02. The fraction of sp³-hybridized carbons (Fsp3) is 0.0417. The van der Waals surface area contributed by atoms with Gasteiger partial charge in [-0.05, 0) is 48.5 Å². The van der Waals surface area contributed by atoms with Crippen molar-refractivity contribution in [1.29, 1.82) is 0 Å². The van der Waals surface area contributed by atoms with Gasteiger partial charge in [0.15, 0.2) is 0 Å². The zero-order valence-corrected chi connectivity index (χ0v) is 18.1. The van der Waals surface area contributed by atoms with Gasteiger partial charge in [0.05, 0.1) is 33.5 Å². The maximum absolute atomic E-state index is 13.0. The quantitative estimate of drug-likeness (QED) is 0.340. The summed E-state index contributed by atoms with van der Waals surface area (Å²) in [6.07, 6.45) is 1.45. The summed E-state index contributed by atoms with van der Waals surface area (Å²) in [5, 5.41) is 23.1. The predicted molar refractivity (Wildman–Crippen MR) is 123 cm³/mol. The van der Waals surface area contributed by atoms with E-state index in [2.05, 4.69) is 4.98 Å². The van der Waals surface area contributed by atoms with Crippen LogP contribution >= 0.6 is 23.2 Å². The molecule has 9 heteroatoms. The predicted octanol–water partition coefficient (Wildman–Crippen LogP) is 5.19. The largest absolute Gasteiger partial charge is 0.507 e. The summed E-state index contributed by atoms with van der Waals surface area (Å²) in [5.74, 6) is -2.22. The van der Waals surface area contributed by atoms with Gasteiger partial charge in [0, 0.05) is 16.2 Å². The highest BCUT2D eigenvalue weighted by molar-refractivity contribution is 6.31. The molecule has 0 unspecified atom stereocenters. The van der Waals surface area contributed by atoms with Gasteiger partial charge in [0.25, 0.3) is 0 Å². The Kier molecular flexibility index (Phi) is 5.08. The minimum atomic E-state index is -1.31. The van der Waals surface area contributed by atoms with Crippen LogP contribution in [0, 0.1) is 0 Å². The van der Waals surface area contributed by atoms with Crippen molar-refractivity contribution in [2.75, 3.05) is 0 Å². The zero-order valence-electron chi connectivity index (χ0n) is 16.6. The summed E-state index contributed by atoms with van der Waals surface area (Å²) >= 11 is 12.1. The summed E-state index contributed by atoms with van der Waals surface area (Å²) < 4.78 is 10.8. The van der Waals surface area contributed by atoms with E-state index in [1.54, 1.807) is 18.2 Å². The third-order valence-corrected chi connectivity index (χ3v) is 5.78. The number of rotatable bonds is 3. The molecule has 0 saturated heterocycles. The Morgan fingerprint density at radius 3 is 1.73 bits per heavy atom. The molecule has 0 aliphatic rings. The van der Waals surface area contributed by atoms with Crippen LogP contribution in [0.1, 0.15) is 22.7 Å². The van der Waals surface area contributed by atoms with Gasteiger partial charge < -0.3 is 19.0 Å². The Morgan fingerprint density at radius 1 is 0.758 bits per heavy atom. The van der Waals surface area contributed by atoms with E-state index in [1.807, 2.05) is 0 Å². The molecule has 3 heterocycles. The molecule has 2 aromatic carbocycles. The second-order valence-corrected chi connectivity index (χ2v) is 8.15. The molecule has 0 fully saturated rings. The Hall–Kier alpha value is -3.81. The Morgan fingerprint density at radius 2 is 1.27 bits per heavy atom. The van der Waals surface area contributed by atoms with E-state index in [0.717, 1.165) is 0 Å². The number of fused-ring (bicyclic) bond motifs is 2. The molecule has 0 saturated carbocycles. The lowest BCUT2D eigenvalue weighted by molar-refractivity contribution is 0.440. The summed E-state index contributed by atoms with van der Waals surface area (Å²) in [6.45, 7) is 0. The van der Waals surface area contributed by atoms with Crippen molar-refractivity contribution in [3.63, 3.8) is 0 Å². The number of hydrogen-bond acceptors (Lipinski definition) is 7. The molecule has 0 bridgehead atoms. The summed E-state index contributed by atoms with van der Waals surface area (Å²) in [6, 6.07) is 13.6. The first-order valence-electron chi connectivity index (χ1n) is 9.66. The highest BCUT2D eigenvalue weighted by atomic mass is 35.5. The molecule has 164 valence electrons. The molecular weight excluding hydrogens is 469 g/mol. The van der Waals surface area contributed by atoms with E-state index in [4.69, 9.17) is 32.0 Å². The van der Waals surface area contributed by atoms with Crippen LogP contribution in [0.4, 0.5) is 0 Å². The lowest BCUT2D eigenvalue weighted by atomic mass is 9.87. The first kappa shape index (κ1) is 21.1. The third kappa shape index (κ3) is 3.51. The molecule has 0 aliphatic carbocycles. The van der Waals surface area contributed by atoms with Gasteiger partial charge in [-0.1, -0.05) is 29.3 Å². The molecule has 7 nitrogen and oxygen atoms in total. The molecule has 3 aromatic heterocycles. The highest BCUT2D eigenvalue weighted by Crippen LogP contribution is 2.41. The van der Waals surface area contributed by atoms with E-state index in [0.29, 0.717) is 10.0 Å². The highest BCUT2D eigenvalue weighted by Gasteiger charge is 2.33. The lowest BCUT2D eigenvalue weighted by Crippen LogP contribution is -2.22. The van der Waals surface area contributed by atoms with Gasteiger partial charge in [-0.15, -0.1) is 0 Å². The minimum Gasteiger partial charge on any atom is -0.507 e. The molecule has 0 radical (unpaired) electrons. The average Bonchev–Trinajstić information content (AvgIpc) is 2.80. The SMILES string of the molecule is O=c1oc2ccc(Cl)cc2c(O)c1C(c1ccccn1)c1c(O)c2cc(Cl)ccc2oc1=O. The number of aromatic hydroxyl groups is 2. The molecule has 2 N–H and O–H groups in total. The van der Waals surface area contributed by atoms with E-state index >= 15 is 0 Å². The van der Waals surface area contributed by atoms with Gasteiger partial charge in [-0.3, -0.25) is 4.98 Å². The summed E-state index contributed by atoms with van der Waals surface area (Å²) in [7, 11) is 0. The normalized spacial score (nSPS) is 11.5. The number of nitrogens with zero attached hydrogens (tertiary/aromatic N) is 1. The van der Waals surface area contributed by atoms with Crippen molar-refractivity contribution in [3.05, 3.63) is 109 Å². The minimum absolute atomic E-state index is 0.104. The lowest BCUT2D eigenvalue weighted by Gasteiger charge is -2.19. The molecular formula is C24H13Cl2NO6. The zero-order chi connectivity index (χ0) is 23.3. The van der Waals surface area contributed by atoms with Gasteiger partial charge in [-0.25, -0.2) is 9.59 Å². The first-order valence-corrected chi connectivity index (χ1v) is 10.4. The monoisotopic (exact) mass is 481 g/mol.